The largest absolute Gasteiger partial charge is 4.00 e. The maximum absolute atomic E-state index is 6.55. The van der Waals surface area contributed by atoms with Crippen LogP contribution in [0.25, 0.3) is 49.4 Å². The number of benzene rings is 7. The zero-order valence-electron chi connectivity index (χ0n) is 35.2. The molecule has 4 heterocycles. The Hall–Kier alpha value is -7.47. The molecule has 1 unspecified atom stereocenters. The van der Waals surface area contributed by atoms with Crippen molar-refractivity contribution < 1.29 is 35.5 Å². The molecule has 0 saturated heterocycles. The van der Waals surface area contributed by atoms with Gasteiger partial charge in [-0.3, -0.25) is 0 Å². The van der Waals surface area contributed by atoms with E-state index in [1.165, 1.54) is 11.1 Å². The molecule has 3 aromatic heterocycles. The van der Waals surface area contributed by atoms with Gasteiger partial charge in [-0.25, -0.2) is 0 Å². The number of para-hydroxylation sites is 4. The Kier molecular flexibility index (Phi) is 11.0. The number of aromatic nitrogens is 3. The van der Waals surface area contributed by atoms with Crippen LogP contribution in [0.1, 0.15) is 22.9 Å². The third kappa shape index (κ3) is 7.58. The van der Waals surface area contributed by atoms with Gasteiger partial charge in [0.25, 0.3) is 0 Å². The van der Waals surface area contributed by atoms with Crippen molar-refractivity contribution in [2.45, 2.75) is 20.0 Å². The first-order chi connectivity index (χ1) is 31.1. The molecule has 1 aliphatic heterocycles. The van der Waals surface area contributed by atoms with Crippen molar-refractivity contribution >= 4 is 50.2 Å². The number of pyridine rings is 2. The second kappa shape index (κ2) is 17.4. The van der Waals surface area contributed by atoms with Crippen molar-refractivity contribution in [3.8, 4) is 22.3 Å². The fourth-order valence-corrected chi connectivity index (χ4v) is 8.61. The van der Waals surface area contributed by atoms with Gasteiger partial charge in [0.05, 0.1) is 0 Å². The molecule has 0 N–H and O–H groups in total. The van der Waals surface area contributed by atoms with E-state index in [9.17, 15) is 0 Å². The van der Waals surface area contributed by atoms with Gasteiger partial charge in [-0.05, 0) is 80.4 Å². The summed E-state index contributed by atoms with van der Waals surface area (Å²) in [5, 5.41) is 7.54. The van der Waals surface area contributed by atoms with E-state index in [1.807, 2.05) is 24.5 Å². The molecular formula is C56H42N6OPt+2. The number of anilines is 4. The van der Waals surface area contributed by atoms with Gasteiger partial charge in [-0.2, -0.15) is 0 Å². The molecule has 310 valence electrons. The molecular weight excluding hydrogens is 968 g/mol. The van der Waals surface area contributed by atoms with Gasteiger partial charge in [-0.15, -0.1) is 24.5 Å². The third-order valence-electron chi connectivity index (χ3n) is 11.7. The van der Waals surface area contributed by atoms with Crippen LogP contribution in [0, 0.1) is 32.9 Å². The summed E-state index contributed by atoms with van der Waals surface area (Å²) in [6, 6.07) is 67.8. The fraction of sp³-hybridized carbons (Fsp3) is 0.0536. The summed E-state index contributed by atoms with van der Waals surface area (Å²) in [5.74, 6) is 0. The van der Waals surface area contributed by atoms with Crippen molar-refractivity contribution in [1.29, 1.82) is 0 Å². The van der Waals surface area contributed by atoms with Crippen molar-refractivity contribution in [2.24, 2.45) is 0 Å². The molecule has 1 aliphatic rings. The van der Waals surface area contributed by atoms with Crippen molar-refractivity contribution in [3.63, 3.8) is 0 Å². The van der Waals surface area contributed by atoms with E-state index in [4.69, 9.17) is 10.3 Å². The Morgan fingerprint density at radius 2 is 1.12 bits per heavy atom. The maximum atomic E-state index is 6.55. The molecule has 7 nitrogen and oxygen atoms in total. The SMILES string of the molecule is Cc1ccc([N-]C(c2ccc(C)cc2)n2c3[c-][n+](O[n+]4[c-]c(N5[CH-]N(c6c(-c7ccccc7)cccc6-c6ccccc6)c6ccccc65)ccc4)ccc3c3ccccc32)cc1.[Pt+4]. The summed E-state index contributed by atoms with van der Waals surface area (Å²) >= 11 is 0. The summed E-state index contributed by atoms with van der Waals surface area (Å²) in [7, 11) is 0. The number of rotatable bonds is 10. The van der Waals surface area contributed by atoms with Gasteiger partial charge in [0.15, 0.2) is 6.20 Å². The minimum atomic E-state index is -0.367. The van der Waals surface area contributed by atoms with Gasteiger partial charge in [0, 0.05) is 39.2 Å². The predicted octanol–water partition coefficient (Wildman–Crippen LogP) is 12.5. The Bertz CT molecular complexity index is 3190. The van der Waals surface area contributed by atoms with Crippen LogP contribution >= 0.6 is 0 Å². The van der Waals surface area contributed by atoms with Crippen LogP contribution in [-0.2, 0) is 21.1 Å². The molecule has 11 rings (SSSR count). The van der Waals surface area contributed by atoms with E-state index in [0.29, 0.717) is 0 Å². The van der Waals surface area contributed by atoms with Crippen molar-refractivity contribution in [3.05, 3.63) is 248 Å². The molecule has 64 heavy (non-hydrogen) atoms. The van der Waals surface area contributed by atoms with E-state index < -0.39 is 0 Å². The summed E-state index contributed by atoms with van der Waals surface area (Å²) in [6.45, 7) is 6.36. The molecule has 1 atom stereocenters. The number of hydrogen-bond acceptors (Lipinski definition) is 3. The zero-order valence-corrected chi connectivity index (χ0v) is 37.5. The van der Waals surface area contributed by atoms with Crippen LogP contribution in [0.15, 0.2) is 207 Å². The second-order valence-corrected chi connectivity index (χ2v) is 15.8. The minimum absolute atomic E-state index is 0. The van der Waals surface area contributed by atoms with Gasteiger partial charge in [-0.1, -0.05) is 180 Å². The summed E-state index contributed by atoms with van der Waals surface area (Å²) in [4.78, 5) is 11.0. The molecule has 7 aromatic carbocycles. The molecule has 0 bridgehead atoms. The van der Waals surface area contributed by atoms with Crippen LogP contribution in [-0.4, -0.2) is 4.57 Å². The normalized spacial score (nSPS) is 12.5. The minimum Gasteiger partial charge on any atom is -0.661 e. The average molecular weight is 1010 g/mol. The van der Waals surface area contributed by atoms with Gasteiger partial charge in [0.1, 0.15) is 12.4 Å². The van der Waals surface area contributed by atoms with Crippen LogP contribution in [0.5, 0.6) is 0 Å². The fourth-order valence-electron chi connectivity index (χ4n) is 8.61. The molecule has 0 aliphatic carbocycles. The van der Waals surface area contributed by atoms with Crippen molar-refractivity contribution in [2.75, 3.05) is 9.80 Å². The first kappa shape index (κ1) is 40.6. The first-order valence-corrected chi connectivity index (χ1v) is 21.2. The van der Waals surface area contributed by atoms with E-state index in [-0.39, 0.29) is 27.2 Å². The Morgan fingerprint density at radius 1 is 0.531 bits per heavy atom. The summed E-state index contributed by atoms with van der Waals surface area (Å²) in [5.41, 5.74) is 14.8. The van der Waals surface area contributed by atoms with Gasteiger partial charge in [0.2, 0.25) is 6.20 Å². The van der Waals surface area contributed by atoms with Crippen LogP contribution in [0.4, 0.5) is 28.4 Å². The van der Waals surface area contributed by atoms with E-state index in [0.717, 1.165) is 78.1 Å². The number of aryl methyl sites for hydroxylation is 2. The molecule has 0 fully saturated rings. The number of fused-ring (bicyclic) bond motifs is 4. The van der Waals surface area contributed by atoms with Crippen LogP contribution < -0.4 is 24.2 Å². The number of nitrogens with zero attached hydrogens (tertiary/aromatic N) is 6. The van der Waals surface area contributed by atoms with Crippen molar-refractivity contribution in [1.82, 2.24) is 4.57 Å². The average Bonchev–Trinajstić information content (AvgIpc) is 3.88. The predicted molar refractivity (Wildman–Crippen MR) is 252 cm³/mol. The molecule has 0 spiro atoms. The van der Waals surface area contributed by atoms with Crippen LogP contribution in [0.2, 0.25) is 0 Å². The first-order valence-electron chi connectivity index (χ1n) is 21.2. The monoisotopic (exact) mass is 1010 g/mol. The zero-order chi connectivity index (χ0) is 42.3. The maximum Gasteiger partial charge on any atom is 4.00 e. The Balaban J connectivity index is 0.00000484. The molecule has 8 heteroatoms. The topological polar surface area (TPSA) is 42.5 Å². The van der Waals surface area contributed by atoms with Crippen LogP contribution in [0.3, 0.4) is 0 Å². The molecule has 0 radical (unpaired) electrons. The Morgan fingerprint density at radius 3 is 1.81 bits per heavy atom. The van der Waals surface area contributed by atoms with E-state index in [1.54, 1.807) is 9.46 Å². The smallest absolute Gasteiger partial charge is 0.661 e. The summed E-state index contributed by atoms with van der Waals surface area (Å²) < 4.78 is 5.49. The number of hydrogen-bond donors (Lipinski definition) is 0. The molecule has 10 aromatic rings. The Labute approximate surface area is 387 Å². The third-order valence-corrected chi connectivity index (χ3v) is 11.7. The standard InChI is InChI=1S/C56H42N6O.Pt/c1-40-26-30-44(31-27-40)56(57-45-32-28-41(2)29-33-45)62-51-23-10-9-20-49(51)50-34-36-59(38-54(50)62)63-58-35-14-19-46(37-58)60-39-61(53-25-12-11-24-52(53)60)55-47(42-15-5-3-6-16-42)21-13-22-48(55)43-17-7-4-8-18-43;/h3-36,39,56H,1-2H3;/q-2;+4. The molecule has 0 amide bonds. The van der Waals surface area contributed by atoms with Gasteiger partial charge >= 0.3 is 21.1 Å². The van der Waals surface area contributed by atoms with Gasteiger partial charge < -0.3 is 19.7 Å². The van der Waals surface area contributed by atoms with E-state index >= 15 is 0 Å². The summed E-state index contributed by atoms with van der Waals surface area (Å²) in [6.07, 6.45) is 10.5. The quantitative estimate of drug-likeness (QED) is 0.101. The second-order valence-electron chi connectivity index (χ2n) is 15.8. The molecule has 0 saturated carbocycles. The van der Waals surface area contributed by atoms with E-state index in [2.05, 4.69) is 229 Å².